The van der Waals surface area contributed by atoms with Gasteiger partial charge in [-0.05, 0) is 91.6 Å². The van der Waals surface area contributed by atoms with Crippen LogP contribution in [-0.4, -0.2) is 67.1 Å². The lowest BCUT2D eigenvalue weighted by molar-refractivity contribution is -0.153. The summed E-state index contributed by atoms with van der Waals surface area (Å²) in [5.74, 6) is 1.10. The number of piperidine rings is 1. The Morgan fingerprint density at radius 3 is 2.52 bits per heavy atom. The van der Waals surface area contributed by atoms with Gasteiger partial charge in [0.1, 0.15) is 5.75 Å². The van der Waals surface area contributed by atoms with Gasteiger partial charge in [0.15, 0.2) is 0 Å². The normalized spacial score (nSPS) is 26.7. The highest BCUT2D eigenvalue weighted by atomic mass is 16.5. The van der Waals surface area contributed by atoms with Gasteiger partial charge in [0.25, 0.3) is 5.91 Å². The van der Waals surface area contributed by atoms with E-state index in [4.69, 9.17) is 9.47 Å². The first kappa shape index (κ1) is 27.0. The Hall–Kier alpha value is -3.22. The van der Waals surface area contributed by atoms with Crippen molar-refractivity contribution in [3.63, 3.8) is 0 Å². The number of hydrogen-bond donors (Lipinski definition) is 0. The lowest BCUT2D eigenvalue weighted by Crippen LogP contribution is -2.68. The summed E-state index contributed by atoms with van der Waals surface area (Å²) in [4.78, 5) is 30.2. The largest absolute Gasteiger partial charge is 0.427 e. The summed E-state index contributed by atoms with van der Waals surface area (Å²) < 4.78 is 12.1. The van der Waals surface area contributed by atoms with Crippen molar-refractivity contribution in [3.05, 3.63) is 77.9 Å². The minimum absolute atomic E-state index is 0.0515. The highest BCUT2D eigenvalue weighted by Crippen LogP contribution is 2.55. The molecule has 1 heterocycles. The van der Waals surface area contributed by atoms with E-state index < -0.39 is 0 Å². The molecule has 1 amide bonds. The predicted molar refractivity (Wildman–Crippen MR) is 157 cm³/mol. The third-order valence-electron chi connectivity index (χ3n) is 9.79. The molecule has 3 aliphatic rings. The van der Waals surface area contributed by atoms with Crippen LogP contribution in [0.15, 0.2) is 66.7 Å². The summed E-state index contributed by atoms with van der Waals surface area (Å²) in [6.45, 7) is 4.45. The molecule has 6 nitrogen and oxygen atoms in total. The molecule has 1 aliphatic heterocycles. The number of fused-ring (bicyclic) bond motifs is 2. The van der Waals surface area contributed by atoms with E-state index in [1.807, 2.05) is 67.6 Å². The Balaban J connectivity index is 1.33. The number of amides is 1. The first-order valence-electron chi connectivity index (χ1n) is 14.6. The van der Waals surface area contributed by atoms with Crippen LogP contribution < -0.4 is 4.74 Å². The zero-order valence-corrected chi connectivity index (χ0v) is 23.9. The Bertz CT molecular complexity index is 1420. The molecule has 6 rings (SSSR count). The lowest BCUT2D eigenvalue weighted by atomic mass is 9.55. The predicted octanol–water partition coefficient (Wildman–Crippen LogP) is 5.83. The van der Waals surface area contributed by atoms with Crippen molar-refractivity contribution in [1.29, 1.82) is 0 Å². The van der Waals surface area contributed by atoms with Crippen LogP contribution in [0.1, 0.15) is 61.4 Å². The Kier molecular flexibility index (Phi) is 7.18. The molecule has 3 fully saturated rings. The monoisotopic (exact) mass is 540 g/mol. The number of ether oxygens (including phenoxy) is 2. The van der Waals surface area contributed by atoms with Crippen molar-refractivity contribution >= 4 is 22.6 Å². The maximum absolute atomic E-state index is 13.8. The molecular formula is C34H40N2O4. The molecule has 0 N–H and O–H groups in total. The number of benzene rings is 3. The molecule has 0 radical (unpaired) electrons. The van der Waals surface area contributed by atoms with Gasteiger partial charge in [-0.3, -0.25) is 9.59 Å². The first-order valence-corrected chi connectivity index (χ1v) is 14.6. The standard InChI is InChI=1S/C34H40N2O4/c1-24(37)40-31-10-6-9-29(20-31)33-17-18-36(22-25-11-12-25)23-34(33,39-3)16-15-30(21-33)35(2)32(38)28-14-13-26-7-4-5-8-27(26)19-28/h4-10,13-14,19-20,25,30H,11-12,15-18,21-23H2,1-3H3/t30-,33+,34+/m1/s1. The van der Waals surface area contributed by atoms with Gasteiger partial charge >= 0.3 is 5.97 Å². The molecule has 0 bridgehead atoms. The first-order chi connectivity index (χ1) is 19.3. The van der Waals surface area contributed by atoms with E-state index in [-0.39, 0.29) is 28.9 Å². The maximum Gasteiger partial charge on any atom is 0.308 e. The van der Waals surface area contributed by atoms with Crippen LogP contribution >= 0.6 is 0 Å². The average molecular weight is 541 g/mol. The number of likely N-dealkylation sites (tertiary alicyclic amines) is 1. The molecule has 0 aromatic heterocycles. The fourth-order valence-corrected chi connectivity index (χ4v) is 7.43. The van der Waals surface area contributed by atoms with Crippen LogP contribution in [0, 0.1) is 5.92 Å². The molecular weight excluding hydrogens is 500 g/mol. The quantitative estimate of drug-likeness (QED) is 0.279. The van der Waals surface area contributed by atoms with Gasteiger partial charge in [-0.2, -0.15) is 0 Å². The van der Waals surface area contributed by atoms with Gasteiger partial charge in [-0.15, -0.1) is 0 Å². The Labute approximate surface area is 237 Å². The smallest absolute Gasteiger partial charge is 0.308 e. The van der Waals surface area contributed by atoms with Crippen LogP contribution in [0.5, 0.6) is 5.75 Å². The van der Waals surface area contributed by atoms with Gasteiger partial charge in [-0.25, -0.2) is 0 Å². The van der Waals surface area contributed by atoms with Gasteiger partial charge in [-0.1, -0.05) is 42.5 Å². The van der Waals surface area contributed by atoms with E-state index in [0.29, 0.717) is 5.75 Å². The summed E-state index contributed by atoms with van der Waals surface area (Å²) in [7, 11) is 3.81. The van der Waals surface area contributed by atoms with E-state index in [1.54, 1.807) is 0 Å². The number of carbonyl (C=O) groups is 2. The second-order valence-corrected chi connectivity index (χ2v) is 12.2. The van der Waals surface area contributed by atoms with E-state index in [1.165, 1.54) is 19.8 Å². The number of hydrogen-bond acceptors (Lipinski definition) is 5. The zero-order valence-electron chi connectivity index (χ0n) is 23.9. The minimum atomic E-state index is -0.377. The molecule has 210 valence electrons. The fourth-order valence-electron chi connectivity index (χ4n) is 7.43. The van der Waals surface area contributed by atoms with Crippen molar-refractivity contribution in [3.8, 4) is 5.75 Å². The fraction of sp³-hybridized carbons (Fsp3) is 0.471. The molecule has 3 atom stereocenters. The van der Waals surface area contributed by atoms with Crippen LogP contribution in [0.2, 0.25) is 0 Å². The van der Waals surface area contributed by atoms with Crippen molar-refractivity contribution in [1.82, 2.24) is 9.80 Å². The molecule has 0 spiro atoms. The lowest BCUT2D eigenvalue weighted by Gasteiger charge is -2.60. The third kappa shape index (κ3) is 4.92. The van der Waals surface area contributed by atoms with Gasteiger partial charge in [0.05, 0.1) is 5.60 Å². The topological polar surface area (TPSA) is 59.1 Å². The summed E-state index contributed by atoms with van der Waals surface area (Å²) in [5, 5.41) is 2.21. The molecule has 6 heteroatoms. The highest BCUT2D eigenvalue weighted by Gasteiger charge is 2.59. The third-order valence-corrected chi connectivity index (χ3v) is 9.79. The SMILES string of the molecule is CO[C@]12CC[C@@H](N(C)C(=O)c3ccc4ccccc4c3)C[C@]1(c1cccc(OC(C)=O)c1)CCN(CC1CC1)C2. The van der Waals surface area contributed by atoms with E-state index in [2.05, 4.69) is 23.1 Å². The van der Waals surface area contributed by atoms with Crippen molar-refractivity contribution in [2.75, 3.05) is 33.8 Å². The highest BCUT2D eigenvalue weighted by molar-refractivity contribution is 5.98. The molecule has 1 saturated heterocycles. The summed E-state index contributed by atoms with van der Waals surface area (Å²) in [6.07, 6.45) is 6.14. The Morgan fingerprint density at radius 1 is 0.975 bits per heavy atom. The van der Waals surface area contributed by atoms with Crippen LogP contribution in [0.4, 0.5) is 0 Å². The average Bonchev–Trinajstić information content (AvgIpc) is 3.79. The Morgan fingerprint density at radius 2 is 1.77 bits per heavy atom. The van der Waals surface area contributed by atoms with Crippen molar-refractivity contribution in [2.45, 2.75) is 62.5 Å². The second-order valence-electron chi connectivity index (χ2n) is 12.2. The van der Waals surface area contributed by atoms with Crippen LogP contribution in [0.3, 0.4) is 0 Å². The molecule has 40 heavy (non-hydrogen) atoms. The van der Waals surface area contributed by atoms with Crippen LogP contribution in [-0.2, 0) is 14.9 Å². The molecule has 3 aromatic carbocycles. The van der Waals surface area contributed by atoms with E-state index >= 15 is 0 Å². The summed E-state index contributed by atoms with van der Waals surface area (Å²) in [5.41, 5.74) is 1.17. The van der Waals surface area contributed by atoms with Gasteiger partial charge in [0, 0.05) is 51.2 Å². The number of esters is 1. The van der Waals surface area contributed by atoms with Gasteiger partial charge in [0.2, 0.25) is 0 Å². The zero-order chi connectivity index (χ0) is 27.9. The van der Waals surface area contributed by atoms with Crippen molar-refractivity contribution < 1.29 is 19.1 Å². The number of rotatable bonds is 7. The molecule has 2 aliphatic carbocycles. The van der Waals surface area contributed by atoms with E-state index in [9.17, 15) is 9.59 Å². The maximum atomic E-state index is 13.8. The van der Waals surface area contributed by atoms with Gasteiger partial charge < -0.3 is 19.3 Å². The van der Waals surface area contributed by atoms with Crippen molar-refractivity contribution in [2.24, 2.45) is 5.92 Å². The second kappa shape index (κ2) is 10.6. The number of carbonyl (C=O) groups excluding carboxylic acids is 2. The molecule has 3 aromatic rings. The molecule has 2 saturated carbocycles. The number of nitrogens with zero attached hydrogens (tertiary/aromatic N) is 2. The van der Waals surface area contributed by atoms with Crippen LogP contribution in [0.25, 0.3) is 10.8 Å². The minimum Gasteiger partial charge on any atom is -0.427 e. The summed E-state index contributed by atoms with van der Waals surface area (Å²) >= 11 is 0. The van der Waals surface area contributed by atoms with E-state index in [0.717, 1.165) is 73.1 Å². The summed E-state index contributed by atoms with van der Waals surface area (Å²) in [6, 6.07) is 22.2. The number of methoxy groups -OCH3 is 1. The molecule has 0 unspecified atom stereocenters.